The Labute approximate surface area is 79.0 Å². The maximum Gasteiger partial charge on any atom is 0.208 e. The van der Waals surface area contributed by atoms with E-state index in [0.717, 1.165) is 19.4 Å². The molecule has 1 aliphatic heterocycles. The number of hydrogen-bond acceptors (Lipinski definition) is 3. The fraction of sp³-hybridized carbons (Fsp3) is 0.889. The Balaban J connectivity index is 2.29. The highest BCUT2D eigenvalue weighted by Crippen LogP contribution is 2.16. The molecule has 1 rings (SSSR count). The molecule has 0 aromatic heterocycles. The molecule has 1 amide bonds. The van der Waals surface area contributed by atoms with Gasteiger partial charge in [-0.05, 0) is 20.8 Å². The zero-order valence-corrected chi connectivity index (χ0v) is 8.46. The highest BCUT2D eigenvalue weighted by atomic mass is 16.5. The van der Waals surface area contributed by atoms with E-state index in [9.17, 15) is 4.79 Å². The van der Waals surface area contributed by atoms with E-state index in [1.54, 1.807) is 0 Å². The highest BCUT2D eigenvalue weighted by Gasteiger charge is 2.27. The third kappa shape index (κ3) is 3.74. The molecule has 0 aliphatic carbocycles. The van der Waals surface area contributed by atoms with E-state index in [4.69, 9.17) is 4.74 Å². The van der Waals surface area contributed by atoms with Gasteiger partial charge >= 0.3 is 0 Å². The van der Waals surface area contributed by atoms with Gasteiger partial charge in [-0.3, -0.25) is 10.1 Å². The predicted molar refractivity (Wildman–Crippen MR) is 50.2 cm³/mol. The first-order valence-corrected chi connectivity index (χ1v) is 4.62. The van der Waals surface area contributed by atoms with Crippen molar-refractivity contribution in [2.45, 2.75) is 45.1 Å². The van der Waals surface area contributed by atoms with Crippen LogP contribution in [0.2, 0.25) is 0 Å². The van der Waals surface area contributed by atoms with Crippen LogP contribution in [-0.2, 0) is 9.53 Å². The lowest BCUT2D eigenvalue weighted by atomic mass is 10.1. The second kappa shape index (κ2) is 4.07. The summed E-state index contributed by atoms with van der Waals surface area (Å²) in [5.41, 5.74) is -0.109. The molecule has 0 bridgehead atoms. The summed E-state index contributed by atoms with van der Waals surface area (Å²) in [5.74, 6) is 0. The lowest BCUT2D eigenvalue weighted by molar-refractivity contribution is -0.110. The van der Waals surface area contributed by atoms with Crippen molar-refractivity contribution in [2.24, 2.45) is 0 Å². The van der Waals surface area contributed by atoms with Gasteiger partial charge in [-0.25, -0.2) is 0 Å². The summed E-state index contributed by atoms with van der Waals surface area (Å²) in [6.07, 6.45) is 1.84. The Morgan fingerprint density at radius 3 is 2.77 bits per heavy atom. The zero-order chi connectivity index (χ0) is 9.90. The molecule has 13 heavy (non-hydrogen) atoms. The molecular formula is C9H18N2O2. The first kappa shape index (κ1) is 10.5. The molecule has 4 heteroatoms. The maximum atomic E-state index is 10.2. The SMILES string of the molecule is CC(C)(C)OC1CNC(NC=O)C1. The minimum absolute atomic E-state index is 0.0739. The van der Waals surface area contributed by atoms with Crippen LogP contribution in [0.3, 0.4) is 0 Å². The molecule has 76 valence electrons. The van der Waals surface area contributed by atoms with Gasteiger partial charge in [-0.2, -0.15) is 0 Å². The van der Waals surface area contributed by atoms with Crippen molar-refractivity contribution in [3.8, 4) is 0 Å². The predicted octanol–water partition coefficient (Wildman–Crippen LogP) is 0.235. The van der Waals surface area contributed by atoms with Crippen LogP contribution >= 0.6 is 0 Å². The number of amides is 1. The third-order valence-electron chi connectivity index (χ3n) is 1.88. The molecule has 4 nitrogen and oxygen atoms in total. The molecule has 1 aliphatic rings. The molecule has 0 spiro atoms. The molecule has 2 unspecified atom stereocenters. The van der Waals surface area contributed by atoms with Crippen LogP contribution in [-0.4, -0.2) is 30.8 Å². The summed E-state index contributed by atoms with van der Waals surface area (Å²) >= 11 is 0. The fourth-order valence-electron chi connectivity index (χ4n) is 1.50. The average molecular weight is 186 g/mol. The van der Waals surface area contributed by atoms with Gasteiger partial charge in [-0.15, -0.1) is 0 Å². The molecule has 1 saturated heterocycles. The van der Waals surface area contributed by atoms with Crippen LogP contribution < -0.4 is 10.6 Å². The van der Waals surface area contributed by atoms with Gasteiger partial charge in [0.25, 0.3) is 0 Å². The number of carbonyl (C=O) groups excluding carboxylic acids is 1. The van der Waals surface area contributed by atoms with Crippen LogP contribution in [0.25, 0.3) is 0 Å². The van der Waals surface area contributed by atoms with Crippen molar-refractivity contribution in [1.82, 2.24) is 10.6 Å². The van der Waals surface area contributed by atoms with E-state index in [1.165, 1.54) is 0 Å². The summed E-state index contributed by atoms with van der Waals surface area (Å²) in [6, 6.07) is 0. The first-order valence-electron chi connectivity index (χ1n) is 4.62. The zero-order valence-electron chi connectivity index (χ0n) is 8.46. The Kier molecular flexibility index (Phi) is 3.27. The van der Waals surface area contributed by atoms with Gasteiger partial charge in [0.05, 0.1) is 17.9 Å². The minimum Gasteiger partial charge on any atom is -0.371 e. The lowest BCUT2D eigenvalue weighted by Crippen LogP contribution is -2.35. The standard InChI is InChI=1S/C9H18N2O2/c1-9(2,3)13-7-4-8(10-5-7)11-6-12/h6-8,10H,4-5H2,1-3H3,(H,11,12). The number of rotatable bonds is 3. The minimum atomic E-state index is -0.109. The Hall–Kier alpha value is -0.610. The average Bonchev–Trinajstić information content (AvgIpc) is 2.33. The topological polar surface area (TPSA) is 50.4 Å². The van der Waals surface area contributed by atoms with E-state index in [0.29, 0.717) is 0 Å². The molecule has 2 atom stereocenters. The van der Waals surface area contributed by atoms with Crippen molar-refractivity contribution >= 4 is 6.41 Å². The Bertz CT molecular complexity index is 177. The molecule has 1 heterocycles. The van der Waals surface area contributed by atoms with E-state index in [1.807, 2.05) is 20.8 Å². The molecule has 1 fully saturated rings. The second-order valence-electron chi connectivity index (χ2n) is 4.33. The largest absolute Gasteiger partial charge is 0.371 e. The number of ether oxygens (including phenoxy) is 1. The van der Waals surface area contributed by atoms with Gasteiger partial charge in [0.2, 0.25) is 6.41 Å². The van der Waals surface area contributed by atoms with Crippen LogP contribution in [0.1, 0.15) is 27.2 Å². The molecule has 0 aromatic carbocycles. The molecule has 0 saturated carbocycles. The molecule has 0 radical (unpaired) electrons. The second-order valence-corrected chi connectivity index (χ2v) is 4.33. The smallest absolute Gasteiger partial charge is 0.208 e. The van der Waals surface area contributed by atoms with Crippen molar-refractivity contribution in [2.75, 3.05) is 6.54 Å². The normalized spacial score (nSPS) is 28.8. The monoisotopic (exact) mass is 186 g/mol. The quantitative estimate of drug-likeness (QED) is 0.621. The first-order chi connectivity index (χ1) is 6.01. The van der Waals surface area contributed by atoms with E-state index in [2.05, 4.69) is 10.6 Å². The van der Waals surface area contributed by atoms with Gasteiger partial charge in [0.15, 0.2) is 0 Å². The van der Waals surface area contributed by atoms with Crippen molar-refractivity contribution in [1.29, 1.82) is 0 Å². The summed E-state index contributed by atoms with van der Waals surface area (Å²) < 4.78 is 5.76. The van der Waals surface area contributed by atoms with Gasteiger partial charge in [0, 0.05) is 13.0 Å². The van der Waals surface area contributed by atoms with E-state index < -0.39 is 0 Å². The fourth-order valence-corrected chi connectivity index (χ4v) is 1.50. The van der Waals surface area contributed by atoms with Crippen LogP contribution in [0, 0.1) is 0 Å². The van der Waals surface area contributed by atoms with Crippen LogP contribution in [0.15, 0.2) is 0 Å². The van der Waals surface area contributed by atoms with Gasteiger partial charge < -0.3 is 10.1 Å². The molecule has 0 aromatic rings. The Morgan fingerprint density at radius 2 is 2.23 bits per heavy atom. The maximum absolute atomic E-state index is 10.2. The molecule has 2 N–H and O–H groups in total. The summed E-state index contributed by atoms with van der Waals surface area (Å²) in [5, 5.41) is 5.85. The van der Waals surface area contributed by atoms with Crippen LogP contribution in [0.4, 0.5) is 0 Å². The van der Waals surface area contributed by atoms with E-state index >= 15 is 0 Å². The number of carbonyl (C=O) groups is 1. The van der Waals surface area contributed by atoms with Crippen molar-refractivity contribution in [3.05, 3.63) is 0 Å². The van der Waals surface area contributed by atoms with Gasteiger partial charge in [-0.1, -0.05) is 0 Å². The number of hydrogen-bond donors (Lipinski definition) is 2. The summed E-state index contributed by atoms with van der Waals surface area (Å²) in [4.78, 5) is 10.2. The van der Waals surface area contributed by atoms with Gasteiger partial charge in [0.1, 0.15) is 0 Å². The number of nitrogens with one attached hydrogen (secondary N) is 2. The lowest BCUT2D eigenvalue weighted by Gasteiger charge is -2.24. The molecular weight excluding hydrogens is 168 g/mol. The van der Waals surface area contributed by atoms with E-state index in [-0.39, 0.29) is 17.9 Å². The third-order valence-corrected chi connectivity index (χ3v) is 1.88. The highest BCUT2D eigenvalue weighted by molar-refractivity contribution is 5.46. The van der Waals surface area contributed by atoms with Crippen molar-refractivity contribution < 1.29 is 9.53 Å². The summed E-state index contributed by atoms with van der Waals surface area (Å²) in [7, 11) is 0. The Morgan fingerprint density at radius 1 is 1.54 bits per heavy atom. The summed E-state index contributed by atoms with van der Waals surface area (Å²) in [6.45, 7) is 6.91. The van der Waals surface area contributed by atoms with Crippen LogP contribution in [0.5, 0.6) is 0 Å². The van der Waals surface area contributed by atoms with Crippen molar-refractivity contribution in [3.63, 3.8) is 0 Å².